The van der Waals surface area contributed by atoms with Crippen LogP contribution in [-0.4, -0.2) is 68.5 Å². The first-order valence-corrected chi connectivity index (χ1v) is 9.07. The fraction of sp³-hybridized carbons (Fsp3) is 0.500. The Kier molecular flexibility index (Phi) is 5.24. The normalized spacial score (nSPS) is 16.5. The number of nitrogens with zero attached hydrogens (tertiary/aromatic N) is 2. The van der Waals surface area contributed by atoms with Crippen molar-refractivity contribution in [2.45, 2.75) is 0 Å². The zero-order valence-electron chi connectivity index (χ0n) is 11.8. The van der Waals surface area contributed by atoms with E-state index in [1.165, 1.54) is 15.3 Å². The Balaban J connectivity index is 1.80. The third kappa shape index (κ3) is 4.31. The van der Waals surface area contributed by atoms with E-state index < -0.39 is 22.6 Å². The van der Waals surface area contributed by atoms with Crippen molar-refractivity contribution in [2.75, 3.05) is 39.0 Å². The maximum Gasteiger partial charge on any atom is 0.374 e. The van der Waals surface area contributed by atoms with Gasteiger partial charge < -0.3 is 14.1 Å². The molecule has 1 amide bonds. The van der Waals surface area contributed by atoms with Crippen molar-refractivity contribution in [3.05, 3.63) is 22.6 Å². The van der Waals surface area contributed by atoms with Gasteiger partial charge >= 0.3 is 5.97 Å². The molecule has 0 saturated carbocycles. The lowest BCUT2D eigenvalue weighted by Crippen LogP contribution is -2.51. The maximum atomic E-state index is 11.9. The van der Waals surface area contributed by atoms with Crippen molar-refractivity contribution in [1.82, 2.24) is 9.21 Å². The van der Waals surface area contributed by atoms with Crippen LogP contribution in [0.5, 0.6) is 0 Å². The van der Waals surface area contributed by atoms with E-state index in [9.17, 15) is 18.0 Å². The Morgan fingerprint density at radius 2 is 1.91 bits per heavy atom. The number of halogens is 1. The van der Waals surface area contributed by atoms with Gasteiger partial charge in [0.2, 0.25) is 15.8 Å². The molecular formula is C12H15BrN2O6S. The number of carbonyl (C=O) groups excluding carboxylic acids is 2. The Morgan fingerprint density at radius 1 is 1.27 bits per heavy atom. The highest BCUT2D eigenvalue weighted by Crippen LogP contribution is 2.15. The standard InChI is InChI=1S/C12H15BrN2O6S/c1-22(18,19)15-6-4-14(5-7-15)11(16)8-20-12(17)9-2-3-10(13)21-9/h2-3H,4-8H2,1H3. The number of carbonyl (C=O) groups is 2. The summed E-state index contributed by atoms with van der Waals surface area (Å²) in [5, 5.41) is 0. The van der Waals surface area contributed by atoms with E-state index >= 15 is 0 Å². The van der Waals surface area contributed by atoms with Crippen LogP contribution >= 0.6 is 15.9 Å². The van der Waals surface area contributed by atoms with E-state index in [0.29, 0.717) is 4.67 Å². The molecule has 0 aromatic carbocycles. The largest absolute Gasteiger partial charge is 0.450 e. The predicted octanol–water partition coefficient (Wildman–Crippen LogP) is 0.303. The molecule has 1 aromatic rings. The Bertz CT molecular complexity index is 663. The molecule has 2 heterocycles. The van der Waals surface area contributed by atoms with Crippen molar-refractivity contribution < 1.29 is 27.2 Å². The van der Waals surface area contributed by atoms with E-state index in [4.69, 9.17) is 9.15 Å². The molecule has 2 rings (SSSR count). The summed E-state index contributed by atoms with van der Waals surface area (Å²) in [4.78, 5) is 25.0. The van der Waals surface area contributed by atoms with Crippen molar-refractivity contribution in [3.8, 4) is 0 Å². The number of piperazine rings is 1. The lowest BCUT2D eigenvalue weighted by atomic mass is 10.3. The quantitative estimate of drug-likeness (QED) is 0.681. The first kappa shape index (κ1) is 17.0. The molecule has 0 unspecified atom stereocenters. The van der Waals surface area contributed by atoms with Crippen molar-refractivity contribution in [2.24, 2.45) is 0 Å². The number of ether oxygens (including phenoxy) is 1. The smallest absolute Gasteiger partial charge is 0.374 e. The number of hydrogen-bond donors (Lipinski definition) is 0. The second-order valence-electron chi connectivity index (χ2n) is 4.72. The monoisotopic (exact) mass is 394 g/mol. The van der Waals surface area contributed by atoms with Gasteiger partial charge in [0, 0.05) is 26.2 Å². The molecule has 1 aliphatic rings. The van der Waals surface area contributed by atoms with Crippen molar-refractivity contribution in [3.63, 3.8) is 0 Å². The molecule has 1 aliphatic heterocycles. The molecular weight excluding hydrogens is 380 g/mol. The molecule has 1 fully saturated rings. The number of sulfonamides is 1. The molecule has 22 heavy (non-hydrogen) atoms. The SMILES string of the molecule is CS(=O)(=O)N1CCN(C(=O)COC(=O)c2ccc(Br)o2)CC1. The molecule has 0 aliphatic carbocycles. The third-order valence-electron chi connectivity index (χ3n) is 3.16. The van der Waals surface area contributed by atoms with E-state index in [2.05, 4.69) is 15.9 Å². The Hall–Kier alpha value is -1.39. The van der Waals surface area contributed by atoms with Crippen molar-refractivity contribution in [1.29, 1.82) is 0 Å². The van der Waals surface area contributed by atoms with Crippen LogP contribution in [-0.2, 0) is 19.6 Å². The van der Waals surface area contributed by atoms with Crippen LogP contribution in [0.3, 0.4) is 0 Å². The van der Waals surface area contributed by atoms with Gasteiger partial charge in [-0.05, 0) is 28.1 Å². The van der Waals surface area contributed by atoms with Gasteiger partial charge in [-0.2, -0.15) is 4.31 Å². The molecule has 0 atom stereocenters. The molecule has 1 saturated heterocycles. The zero-order chi connectivity index (χ0) is 16.3. The highest BCUT2D eigenvalue weighted by Gasteiger charge is 2.26. The maximum absolute atomic E-state index is 11.9. The summed E-state index contributed by atoms with van der Waals surface area (Å²) in [5.74, 6) is -1.09. The van der Waals surface area contributed by atoms with Crippen LogP contribution in [0.2, 0.25) is 0 Å². The van der Waals surface area contributed by atoms with Crippen LogP contribution in [0.4, 0.5) is 0 Å². The number of esters is 1. The molecule has 1 aromatic heterocycles. The van der Waals surface area contributed by atoms with Crippen LogP contribution in [0, 0.1) is 0 Å². The van der Waals surface area contributed by atoms with Gasteiger partial charge in [-0.15, -0.1) is 0 Å². The molecule has 8 nitrogen and oxygen atoms in total. The predicted molar refractivity (Wildman–Crippen MR) is 79.7 cm³/mol. The molecule has 0 radical (unpaired) electrons. The van der Waals surface area contributed by atoms with Crippen LogP contribution in [0.1, 0.15) is 10.6 Å². The van der Waals surface area contributed by atoms with Gasteiger partial charge in [0.15, 0.2) is 11.3 Å². The minimum Gasteiger partial charge on any atom is -0.450 e. The van der Waals surface area contributed by atoms with Gasteiger partial charge in [0.05, 0.1) is 6.26 Å². The van der Waals surface area contributed by atoms with E-state index in [0.717, 1.165) is 6.26 Å². The summed E-state index contributed by atoms with van der Waals surface area (Å²) in [6.45, 7) is 0.620. The van der Waals surface area contributed by atoms with Crippen LogP contribution in [0.25, 0.3) is 0 Å². The van der Waals surface area contributed by atoms with Crippen molar-refractivity contribution >= 4 is 37.8 Å². The third-order valence-corrected chi connectivity index (χ3v) is 4.89. The summed E-state index contributed by atoms with van der Waals surface area (Å²) in [5.41, 5.74) is 0. The van der Waals surface area contributed by atoms with E-state index in [1.54, 1.807) is 6.07 Å². The van der Waals surface area contributed by atoms with Gasteiger partial charge in [-0.25, -0.2) is 13.2 Å². The second kappa shape index (κ2) is 6.80. The molecule has 0 spiro atoms. The number of hydrogen-bond acceptors (Lipinski definition) is 6. The average Bonchev–Trinajstić information content (AvgIpc) is 2.90. The van der Waals surface area contributed by atoms with Crippen LogP contribution < -0.4 is 0 Å². The lowest BCUT2D eigenvalue weighted by molar-refractivity contribution is -0.135. The van der Waals surface area contributed by atoms with Gasteiger partial charge in [-0.1, -0.05) is 0 Å². The fourth-order valence-corrected chi connectivity index (χ4v) is 3.12. The Morgan fingerprint density at radius 3 is 2.41 bits per heavy atom. The topological polar surface area (TPSA) is 97.1 Å². The molecule has 0 bridgehead atoms. The molecule has 0 N–H and O–H groups in total. The number of rotatable bonds is 4. The second-order valence-corrected chi connectivity index (χ2v) is 7.49. The number of amides is 1. The average molecular weight is 395 g/mol. The summed E-state index contributed by atoms with van der Waals surface area (Å²) >= 11 is 3.06. The first-order chi connectivity index (χ1) is 10.3. The highest BCUT2D eigenvalue weighted by molar-refractivity contribution is 9.10. The molecule has 122 valence electrons. The molecule has 10 heteroatoms. The minimum atomic E-state index is -3.24. The zero-order valence-corrected chi connectivity index (χ0v) is 14.2. The van der Waals surface area contributed by atoms with Gasteiger partial charge in [0.1, 0.15) is 0 Å². The van der Waals surface area contributed by atoms with E-state index in [1.807, 2.05) is 0 Å². The first-order valence-electron chi connectivity index (χ1n) is 6.43. The van der Waals surface area contributed by atoms with Gasteiger partial charge in [-0.3, -0.25) is 4.79 Å². The lowest BCUT2D eigenvalue weighted by Gasteiger charge is -2.33. The minimum absolute atomic E-state index is 0.00145. The fourth-order valence-electron chi connectivity index (χ4n) is 1.98. The summed E-state index contributed by atoms with van der Waals surface area (Å²) in [6, 6.07) is 2.98. The van der Waals surface area contributed by atoms with Gasteiger partial charge in [0.25, 0.3) is 5.91 Å². The summed E-state index contributed by atoms with van der Waals surface area (Å²) in [6.07, 6.45) is 1.13. The Labute approximate surface area is 136 Å². The number of furan rings is 1. The van der Waals surface area contributed by atoms with Crippen LogP contribution in [0.15, 0.2) is 21.2 Å². The summed E-state index contributed by atoms with van der Waals surface area (Å²) in [7, 11) is -3.24. The highest BCUT2D eigenvalue weighted by atomic mass is 79.9. The van der Waals surface area contributed by atoms with E-state index in [-0.39, 0.29) is 37.8 Å². The summed E-state index contributed by atoms with van der Waals surface area (Å²) < 4.78 is 34.3.